The Bertz CT molecular complexity index is 1970. The Balaban J connectivity index is 1.44. The summed E-state index contributed by atoms with van der Waals surface area (Å²) in [6.45, 7) is 2.08. The molecular formula is C35H22Br2N4. The number of hydrogen-bond donors (Lipinski definition) is 0. The van der Waals surface area contributed by atoms with Gasteiger partial charge >= 0.3 is 0 Å². The van der Waals surface area contributed by atoms with Crippen molar-refractivity contribution in [2.75, 3.05) is 0 Å². The number of fused-ring (bicyclic) bond motifs is 2. The van der Waals surface area contributed by atoms with Crippen molar-refractivity contribution < 1.29 is 0 Å². The number of aromatic nitrogens is 4. The zero-order valence-corrected chi connectivity index (χ0v) is 25.2. The Morgan fingerprint density at radius 2 is 0.951 bits per heavy atom. The number of rotatable bonds is 4. The molecule has 41 heavy (non-hydrogen) atoms. The van der Waals surface area contributed by atoms with Crippen molar-refractivity contribution in [3.63, 3.8) is 0 Å². The third kappa shape index (κ3) is 4.83. The first kappa shape index (κ1) is 25.7. The molecule has 0 saturated carbocycles. The van der Waals surface area contributed by atoms with Gasteiger partial charge in [0.05, 0.1) is 5.69 Å². The van der Waals surface area contributed by atoms with Gasteiger partial charge in [0.15, 0.2) is 17.5 Å². The highest BCUT2D eigenvalue weighted by molar-refractivity contribution is 9.11. The summed E-state index contributed by atoms with van der Waals surface area (Å²) in [6, 6.07) is 37.2. The van der Waals surface area contributed by atoms with E-state index >= 15 is 0 Å². The molecule has 0 aliphatic rings. The van der Waals surface area contributed by atoms with Crippen LogP contribution in [0.25, 0.3) is 67.0 Å². The average molecular weight is 658 g/mol. The van der Waals surface area contributed by atoms with Gasteiger partial charge < -0.3 is 0 Å². The molecule has 0 atom stereocenters. The van der Waals surface area contributed by atoms with Gasteiger partial charge in [-0.25, -0.2) is 15.0 Å². The molecule has 7 rings (SSSR count). The lowest BCUT2D eigenvalue weighted by Gasteiger charge is -2.13. The predicted octanol–water partition coefficient (Wildman–Crippen LogP) is 10.1. The SMILES string of the molecule is Cc1ccc(-c2ccc(-c3nc(-c4ccc(Br)c5ccccc45)nc(-c4ccc(Br)c5ccccc45)n3)cn2)cc1. The summed E-state index contributed by atoms with van der Waals surface area (Å²) in [7, 11) is 0. The van der Waals surface area contributed by atoms with Crippen LogP contribution in [0.1, 0.15) is 5.56 Å². The second kappa shape index (κ2) is 10.6. The predicted molar refractivity (Wildman–Crippen MR) is 175 cm³/mol. The largest absolute Gasteiger partial charge is 0.255 e. The van der Waals surface area contributed by atoms with Crippen molar-refractivity contribution in [2.45, 2.75) is 6.92 Å². The topological polar surface area (TPSA) is 51.6 Å². The van der Waals surface area contributed by atoms with Gasteiger partial charge in [0.25, 0.3) is 0 Å². The second-order valence-electron chi connectivity index (χ2n) is 9.89. The molecule has 0 saturated heterocycles. The summed E-state index contributed by atoms with van der Waals surface area (Å²) < 4.78 is 2.06. The van der Waals surface area contributed by atoms with Gasteiger partial charge in [-0.05, 0) is 64.9 Å². The third-order valence-corrected chi connectivity index (χ3v) is 8.61. The summed E-state index contributed by atoms with van der Waals surface area (Å²) in [5.41, 5.74) is 5.91. The molecule has 6 heteroatoms. The molecule has 196 valence electrons. The lowest BCUT2D eigenvalue weighted by atomic mass is 10.0. The van der Waals surface area contributed by atoms with Crippen LogP contribution in [0.5, 0.6) is 0 Å². The summed E-state index contributed by atoms with van der Waals surface area (Å²) in [6.07, 6.45) is 1.84. The van der Waals surface area contributed by atoms with Gasteiger partial charge in [-0.15, -0.1) is 0 Å². The van der Waals surface area contributed by atoms with E-state index in [0.29, 0.717) is 17.5 Å². The fourth-order valence-corrected chi connectivity index (χ4v) is 6.04. The molecule has 0 amide bonds. The van der Waals surface area contributed by atoms with E-state index in [1.165, 1.54) is 5.56 Å². The smallest absolute Gasteiger partial charge is 0.165 e. The van der Waals surface area contributed by atoms with Gasteiger partial charge in [0.2, 0.25) is 0 Å². The van der Waals surface area contributed by atoms with E-state index in [9.17, 15) is 0 Å². The Kier molecular flexibility index (Phi) is 6.65. The highest BCUT2D eigenvalue weighted by Crippen LogP contribution is 2.36. The van der Waals surface area contributed by atoms with E-state index in [0.717, 1.165) is 58.4 Å². The molecule has 0 fully saturated rings. The first-order valence-electron chi connectivity index (χ1n) is 13.2. The van der Waals surface area contributed by atoms with E-state index in [1.807, 2.05) is 54.7 Å². The summed E-state index contributed by atoms with van der Waals surface area (Å²) in [5.74, 6) is 1.80. The van der Waals surface area contributed by atoms with Crippen LogP contribution < -0.4 is 0 Å². The molecule has 7 aromatic rings. The van der Waals surface area contributed by atoms with Gasteiger partial charge in [0.1, 0.15) is 0 Å². The lowest BCUT2D eigenvalue weighted by Crippen LogP contribution is -2.01. The number of hydrogen-bond acceptors (Lipinski definition) is 4. The Labute approximate surface area is 254 Å². The zero-order chi connectivity index (χ0) is 27.9. The van der Waals surface area contributed by atoms with Crippen LogP contribution in [0.4, 0.5) is 0 Å². The first-order valence-corrected chi connectivity index (χ1v) is 14.8. The standard InChI is InChI=1S/C35H22Br2N4/c1-21-10-12-22(13-11-21)32-19-14-23(20-38-32)33-39-34(28-15-17-30(36)26-8-4-2-6-24(26)28)41-35(40-33)29-16-18-31(37)27-9-5-3-7-25(27)29/h2-20H,1H3. The summed E-state index contributed by atoms with van der Waals surface area (Å²) >= 11 is 7.41. The third-order valence-electron chi connectivity index (χ3n) is 7.23. The number of halogens is 2. The maximum Gasteiger partial charge on any atom is 0.165 e. The fraction of sp³-hybridized carbons (Fsp3) is 0.0286. The summed E-state index contributed by atoms with van der Waals surface area (Å²) in [5, 5.41) is 4.34. The molecule has 0 bridgehead atoms. The van der Waals surface area contributed by atoms with E-state index in [4.69, 9.17) is 19.9 Å². The monoisotopic (exact) mass is 656 g/mol. The van der Waals surface area contributed by atoms with Gasteiger partial charge in [-0.2, -0.15) is 0 Å². The molecule has 0 radical (unpaired) electrons. The Morgan fingerprint density at radius 3 is 1.46 bits per heavy atom. The maximum absolute atomic E-state index is 5.06. The fourth-order valence-electron chi connectivity index (χ4n) is 5.08. The number of aryl methyl sites for hydroxylation is 1. The highest BCUT2D eigenvalue weighted by atomic mass is 79.9. The highest BCUT2D eigenvalue weighted by Gasteiger charge is 2.17. The molecule has 0 aliphatic carbocycles. The average Bonchev–Trinajstić information content (AvgIpc) is 3.02. The van der Waals surface area contributed by atoms with E-state index in [1.54, 1.807) is 0 Å². The molecule has 0 unspecified atom stereocenters. The van der Waals surface area contributed by atoms with Gasteiger partial charge in [-0.3, -0.25) is 4.98 Å². The van der Waals surface area contributed by atoms with Crippen LogP contribution >= 0.6 is 31.9 Å². The molecule has 0 aliphatic heterocycles. The Hall–Kier alpha value is -4.26. The van der Waals surface area contributed by atoms with Crippen LogP contribution in [0.3, 0.4) is 0 Å². The van der Waals surface area contributed by atoms with E-state index in [-0.39, 0.29) is 0 Å². The number of pyridine rings is 1. The van der Waals surface area contributed by atoms with Gasteiger partial charge in [0, 0.05) is 37.4 Å². The van der Waals surface area contributed by atoms with Crippen molar-refractivity contribution >= 4 is 53.4 Å². The molecule has 2 aromatic heterocycles. The van der Waals surface area contributed by atoms with Crippen molar-refractivity contribution in [1.82, 2.24) is 19.9 Å². The minimum atomic E-state index is 0.576. The number of nitrogens with zero attached hydrogens (tertiary/aromatic N) is 4. The maximum atomic E-state index is 5.06. The van der Waals surface area contributed by atoms with Crippen LogP contribution in [-0.4, -0.2) is 19.9 Å². The van der Waals surface area contributed by atoms with Gasteiger partial charge in [-0.1, -0.05) is 110 Å². The molecule has 5 aromatic carbocycles. The first-order chi connectivity index (χ1) is 20.0. The minimum absolute atomic E-state index is 0.576. The van der Waals surface area contributed by atoms with Crippen LogP contribution in [0, 0.1) is 6.92 Å². The lowest BCUT2D eigenvalue weighted by molar-refractivity contribution is 1.07. The second-order valence-corrected chi connectivity index (χ2v) is 11.6. The van der Waals surface area contributed by atoms with Crippen molar-refractivity contribution in [3.8, 4) is 45.4 Å². The van der Waals surface area contributed by atoms with E-state index in [2.05, 4.69) is 99.4 Å². The van der Waals surface area contributed by atoms with Crippen LogP contribution in [0.2, 0.25) is 0 Å². The Morgan fingerprint density at radius 1 is 0.463 bits per heavy atom. The quantitative estimate of drug-likeness (QED) is 0.189. The minimum Gasteiger partial charge on any atom is -0.255 e. The number of benzene rings is 5. The molecule has 0 spiro atoms. The van der Waals surface area contributed by atoms with Crippen molar-refractivity contribution in [2.24, 2.45) is 0 Å². The van der Waals surface area contributed by atoms with Crippen LogP contribution in [0.15, 0.2) is 124 Å². The summed E-state index contributed by atoms with van der Waals surface area (Å²) in [4.78, 5) is 19.8. The molecular weight excluding hydrogens is 636 g/mol. The van der Waals surface area contributed by atoms with Crippen molar-refractivity contribution in [3.05, 3.63) is 130 Å². The zero-order valence-electron chi connectivity index (χ0n) is 22.0. The molecule has 0 N–H and O–H groups in total. The van der Waals surface area contributed by atoms with Crippen LogP contribution in [-0.2, 0) is 0 Å². The molecule has 4 nitrogen and oxygen atoms in total. The van der Waals surface area contributed by atoms with E-state index < -0.39 is 0 Å². The molecule has 2 heterocycles. The van der Waals surface area contributed by atoms with Crippen molar-refractivity contribution in [1.29, 1.82) is 0 Å². The normalized spacial score (nSPS) is 11.3.